The molecule has 1 fully saturated rings. The van der Waals surface area contributed by atoms with E-state index in [9.17, 15) is 14.4 Å². The Labute approximate surface area is 153 Å². The number of hydrogen-bond donors (Lipinski definition) is 1. The number of aryl methyl sites for hydroxylation is 1. The van der Waals surface area contributed by atoms with Crippen LogP contribution in [0.1, 0.15) is 18.1 Å². The van der Waals surface area contributed by atoms with Gasteiger partial charge in [0.1, 0.15) is 5.57 Å². The van der Waals surface area contributed by atoms with Crippen molar-refractivity contribution in [2.24, 2.45) is 0 Å². The SMILES string of the molecule is CCc1ccc(/C=C2\C(=O)NC(=O)N(c3ccc(Br)cc3)C2=O)cc1. The Kier molecular flexibility index (Phi) is 4.81. The second-order valence-electron chi connectivity index (χ2n) is 5.53. The van der Waals surface area contributed by atoms with Gasteiger partial charge in [-0.3, -0.25) is 14.9 Å². The molecule has 1 aliphatic heterocycles. The number of benzene rings is 2. The summed E-state index contributed by atoms with van der Waals surface area (Å²) in [5, 5.41) is 2.21. The maximum absolute atomic E-state index is 12.7. The molecule has 0 bridgehead atoms. The quantitative estimate of drug-likeness (QED) is 0.633. The smallest absolute Gasteiger partial charge is 0.273 e. The van der Waals surface area contributed by atoms with Gasteiger partial charge in [0.15, 0.2) is 0 Å². The first kappa shape index (κ1) is 17.1. The minimum Gasteiger partial charge on any atom is -0.273 e. The van der Waals surface area contributed by atoms with Crippen molar-refractivity contribution in [2.75, 3.05) is 4.90 Å². The van der Waals surface area contributed by atoms with Gasteiger partial charge in [0.2, 0.25) is 0 Å². The number of nitrogens with one attached hydrogen (secondary N) is 1. The van der Waals surface area contributed by atoms with Crippen LogP contribution >= 0.6 is 15.9 Å². The van der Waals surface area contributed by atoms with Crippen molar-refractivity contribution in [1.29, 1.82) is 0 Å². The van der Waals surface area contributed by atoms with Gasteiger partial charge in [0.25, 0.3) is 11.8 Å². The topological polar surface area (TPSA) is 66.5 Å². The van der Waals surface area contributed by atoms with Crippen molar-refractivity contribution in [1.82, 2.24) is 5.32 Å². The van der Waals surface area contributed by atoms with Crippen molar-refractivity contribution in [3.63, 3.8) is 0 Å². The third-order valence-corrected chi connectivity index (χ3v) is 4.41. The monoisotopic (exact) mass is 398 g/mol. The molecule has 1 N–H and O–H groups in total. The molecule has 2 aromatic carbocycles. The summed E-state index contributed by atoms with van der Waals surface area (Å²) in [4.78, 5) is 37.9. The zero-order chi connectivity index (χ0) is 18.0. The van der Waals surface area contributed by atoms with E-state index in [1.807, 2.05) is 31.2 Å². The maximum atomic E-state index is 12.7. The van der Waals surface area contributed by atoms with Crippen LogP contribution in [0.15, 0.2) is 58.6 Å². The number of hydrogen-bond acceptors (Lipinski definition) is 3. The van der Waals surface area contributed by atoms with Crippen LogP contribution in [0.4, 0.5) is 10.5 Å². The number of imide groups is 2. The summed E-state index contributed by atoms with van der Waals surface area (Å²) in [7, 11) is 0. The van der Waals surface area contributed by atoms with Gasteiger partial charge in [-0.1, -0.05) is 47.1 Å². The lowest BCUT2D eigenvalue weighted by molar-refractivity contribution is -0.122. The van der Waals surface area contributed by atoms with E-state index in [2.05, 4.69) is 21.2 Å². The highest BCUT2D eigenvalue weighted by Crippen LogP contribution is 2.23. The van der Waals surface area contributed by atoms with Crippen molar-refractivity contribution < 1.29 is 14.4 Å². The van der Waals surface area contributed by atoms with Crippen LogP contribution in [-0.2, 0) is 16.0 Å². The van der Waals surface area contributed by atoms with Crippen LogP contribution in [-0.4, -0.2) is 17.8 Å². The van der Waals surface area contributed by atoms with Gasteiger partial charge in [-0.05, 0) is 47.9 Å². The molecule has 4 amide bonds. The normalized spacial score (nSPS) is 16.3. The van der Waals surface area contributed by atoms with E-state index in [-0.39, 0.29) is 5.57 Å². The highest BCUT2D eigenvalue weighted by Gasteiger charge is 2.36. The van der Waals surface area contributed by atoms with Crippen molar-refractivity contribution in [3.8, 4) is 0 Å². The fourth-order valence-corrected chi connectivity index (χ4v) is 2.76. The van der Waals surface area contributed by atoms with Crippen LogP contribution in [0.3, 0.4) is 0 Å². The molecule has 0 saturated carbocycles. The number of anilines is 1. The molecule has 0 radical (unpaired) electrons. The summed E-state index contributed by atoms with van der Waals surface area (Å²) in [5.41, 5.74) is 2.20. The molecule has 25 heavy (non-hydrogen) atoms. The highest BCUT2D eigenvalue weighted by atomic mass is 79.9. The molecule has 0 atom stereocenters. The average molecular weight is 399 g/mol. The molecule has 5 nitrogen and oxygen atoms in total. The van der Waals surface area contributed by atoms with E-state index in [0.717, 1.165) is 26.9 Å². The van der Waals surface area contributed by atoms with Crippen LogP contribution in [0.25, 0.3) is 6.08 Å². The van der Waals surface area contributed by atoms with Crippen molar-refractivity contribution >= 4 is 45.5 Å². The zero-order valence-corrected chi connectivity index (χ0v) is 15.0. The Hall–Kier alpha value is -2.73. The minimum atomic E-state index is -0.754. The lowest BCUT2D eigenvalue weighted by Gasteiger charge is -2.26. The molecule has 0 spiro atoms. The summed E-state index contributed by atoms with van der Waals surface area (Å²) >= 11 is 3.31. The van der Waals surface area contributed by atoms with Gasteiger partial charge >= 0.3 is 6.03 Å². The van der Waals surface area contributed by atoms with Crippen LogP contribution < -0.4 is 10.2 Å². The molecular weight excluding hydrogens is 384 g/mol. The third kappa shape index (κ3) is 3.53. The number of nitrogens with zero attached hydrogens (tertiary/aromatic N) is 1. The van der Waals surface area contributed by atoms with Gasteiger partial charge in [-0.15, -0.1) is 0 Å². The van der Waals surface area contributed by atoms with Crippen LogP contribution in [0.5, 0.6) is 0 Å². The number of amides is 4. The molecule has 1 aliphatic rings. The Bertz CT molecular complexity index is 871. The van der Waals surface area contributed by atoms with E-state index in [1.54, 1.807) is 24.3 Å². The summed E-state index contributed by atoms with van der Waals surface area (Å²) in [6.45, 7) is 2.05. The summed E-state index contributed by atoms with van der Waals surface area (Å²) in [6.07, 6.45) is 2.40. The van der Waals surface area contributed by atoms with E-state index < -0.39 is 17.8 Å². The van der Waals surface area contributed by atoms with E-state index in [4.69, 9.17) is 0 Å². The number of carbonyl (C=O) groups excluding carboxylic acids is 3. The summed E-state index contributed by atoms with van der Waals surface area (Å²) < 4.78 is 0.823. The van der Waals surface area contributed by atoms with Gasteiger partial charge < -0.3 is 0 Å². The first-order valence-electron chi connectivity index (χ1n) is 7.75. The van der Waals surface area contributed by atoms with Gasteiger partial charge in [0.05, 0.1) is 5.69 Å². The number of carbonyl (C=O) groups is 3. The second-order valence-corrected chi connectivity index (χ2v) is 6.45. The molecule has 0 aliphatic carbocycles. The Balaban J connectivity index is 1.97. The third-order valence-electron chi connectivity index (χ3n) is 3.89. The molecule has 3 rings (SSSR count). The molecule has 1 heterocycles. The zero-order valence-electron chi connectivity index (χ0n) is 13.5. The van der Waals surface area contributed by atoms with Crippen LogP contribution in [0.2, 0.25) is 0 Å². The Morgan fingerprint density at radius 3 is 2.24 bits per heavy atom. The number of urea groups is 1. The number of barbiturate groups is 1. The Morgan fingerprint density at radius 1 is 1.00 bits per heavy atom. The lowest BCUT2D eigenvalue weighted by Crippen LogP contribution is -2.54. The molecule has 2 aromatic rings. The fraction of sp³-hybridized carbons (Fsp3) is 0.105. The van der Waals surface area contributed by atoms with Crippen molar-refractivity contribution in [2.45, 2.75) is 13.3 Å². The van der Waals surface area contributed by atoms with Gasteiger partial charge in [-0.25, -0.2) is 9.69 Å². The molecule has 6 heteroatoms. The van der Waals surface area contributed by atoms with Gasteiger partial charge in [0, 0.05) is 4.47 Å². The predicted octanol–water partition coefficient (Wildman–Crippen LogP) is 3.68. The van der Waals surface area contributed by atoms with E-state index >= 15 is 0 Å². The first-order chi connectivity index (χ1) is 12.0. The molecular formula is C19H15BrN2O3. The van der Waals surface area contributed by atoms with E-state index in [1.165, 1.54) is 6.08 Å². The van der Waals surface area contributed by atoms with E-state index in [0.29, 0.717) is 5.69 Å². The first-order valence-corrected chi connectivity index (χ1v) is 8.55. The number of halogens is 1. The Morgan fingerprint density at radius 2 is 1.64 bits per heavy atom. The van der Waals surface area contributed by atoms with Crippen molar-refractivity contribution in [3.05, 3.63) is 69.7 Å². The molecule has 126 valence electrons. The fourth-order valence-electron chi connectivity index (χ4n) is 2.50. The standard InChI is InChI=1S/C19H15BrN2O3/c1-2-12-3-5-13(6-4-12)11-16-17(23)21-19(25)22(18(16)24)15-9-7-14(20)8-10-15/h3-11H,2H2,1H3,(H,21,23,25)/b16-11+. The maximum Gasteiger partial charge on any atom is 0.335 e. The molecule has 0 aromatic heterocycles. The van der Waals surface area contributed by atoms with Gasteiger partial charge in [-0.2, -0.15) is 0 Å². The largest absolute Gasteiger partial charge is 0.335 e. The minimum absolute atomic E-state index is 0.0771. The number of rotatable bonds is 3. The summed E-state index contributed by atoms with van der Waals surface area (Å²) in [5.74, 6) is -1.33. The van der Waals surface area contributed by atoms with Crippen LogP contribution in [0, 0.1) is 0 Å². The second kappa shape index (κ2) is 7.03. The lowest BCUT2D eigenvalue weighted by atomic mass is 10.0. The average Bonchev–Trinajstić information content (AvgIpc) is 2.60. The highest BCUT2D eigenvalue weighted by molar-refractivity contribution is 9.10. The summed E-state index contributed by atoms with van der Waals surface area (Å²) in [6, 6.07) is 13.5. The molecule has 1 saturated heterocycles. The predicted molar refractivity (Wildman–Crippen MR) is 99.0 cm³/mol. The molecule has 0 unspecified atom stereocenters.